The summed E-state index contributed by atoms with van der Waals surface area (Å²) in [5, 5.41) is 3.56. The Bertz CT molecular complexity index is 471. The van der Waals surface area contributed by atoms with Gasteiger partial charge < -0.3 is 10.1 Å². The van der Waals surface area contributed by atoms with Crippen LogP contribution in [0.25, 0.3) is 0 Å². The summed E-state index contributed by atoms with van der Waals surface area (Å²) in [4.78, 5) is 4.15. The lowest BCUT2D eigenvalue weighted by Gasteiger charge is -2.27. The fourth-order valence-corrected chi connectivity index (χ4v) is 3.68. The Morgan fingerprint density at radius 3 is 2.33 bits per heavy atom. The van der Waals surface area contributed by atoms with Crippen LogP contribution in [0, 0.1) is 0 Å². The first-order chi connectivity index (χ1) is 9.86. The molecule has 0 aliphatic heterocycles. The maximum atomic E-state index is 13.2. The summed E-state index contributed by atoms with van der Waals surface area (Å²) in [7, 11) is 1.53. The van der Waals surface area contributed by atoms with Gasteiger partial charge in [-0.2, -0.15) is 13.2 Å². The van der Waals surface area contributed by atoms with Crippen LogP contribution in [0.4, 0.5) is 13.2 Å². The largest absolute Gasteiger partial charge is 0.434 e. The summed E-state index contributed by atoms with van der Waals surface area (Å²) in [5.74, 6) is 0. The van der Waals surface area contributed by atoms with Crippen molar-refractivity contribution >= 4 is 11.3 Å². The maximum Gasteiger partial charge on any atom is 0.434 e. The molecule has 1 N–H and O–H groups in total. The first-order valence-electron chi connectivity index (χ1n) is 7.22. The van der Waals surface area contributed by atoms with Crippen LogP contribution in [0.5, 0.6) is 0 Å². The van der Waals surface area contributed by atoms with Gasteiger partial charge in [-0.1, -0.05) is 13.8 Å². The van der Waals surface area contributed by atoms with Gasteiger partial charge in [0.15, 0.2) is 5.69 Å². The number of nitrogens with one attached hydrogen (secondary N) is 1. The zero-order valence-electron chi connectivity index (χ0n) is 12.5. The predicted molar refractivity (Wildman–Crippen MR) is 76.2 cm³/mol. The van der Waals surface area contributed by atoms with Crippen LogP contribution in [0.2, 0.25) is 0 Å². The van der Waals surface area contributed by atoms with Crippen LogP contribution < -0.4 is 5.32 Å². The number of thiazole rings is 1. The number of methoxy groups -OCH3 is 1. The van der Waals surface area contributed by atoms with Crippen molar-refractivity contribution in [2.24, 2.45) is 0 Å². The predicted octanol–water partition coefficient (Wildman–Crippen LogP) is 4.08. The Morgan fingerprint density at radius 2 is 1.90 bits per heavy atom. The van der Waals surface area contributed by atoms with E-state index < -0.39 is 17.5 Å². The zero-order chi connectivity index (χ0) is 15.7. The summed E-state index contributed by atoms with van der Waals surface area (Å²) >= 11 is 1.12. The Labute approximate surface area is 126 Å². The average molecular weight is 322 g/mol. The first kappa shape index (κ1) is 16.7. The van der Waals surface area contributed by atoms with Crippen molar-refractivity contribution in [3.05, 3.63) is 15.6 Å². The molecule has 1 fully saturated rings. The molecule has 3 nitrogen and oxygen atoms in total. The van der Waals surface area contributed by atoms with E-state index >= 15 is 0 Å². The number of halogens is 3. The Balaban J connectivity index is 2.33. The highest BCUT2D eigenvalue weighted by molar-refractivity contribution is 7.11. The lowest BCUT2D eigenvalue weighted by molar-refractivity contribution is -0.141. The van der Waals surface area contributed by atoms with Crippen LogP contribution in [0.3, 0.4) is 0 Å². The molecule has 0 unspecified atom stereocenters. The number of nitrogens with zero attached hydrogens (tertiary/aromatic N) is 1. The monoisotopic (exact) mass is 322 g/mol. The van der Waals surface area contributed by atoms with Gasteiger partial charge in [0, 0.05) is 19.7 Å². The molecule has 0 radical (unpaired) electrons. The molecule has 1 aliphatic rings. The summed E-state index contributed by atoms with van der Waals surface area (Å²) in [6.45, 7) is 4.04. The fourth-order valence-electron chi connectivity index (χ4n) is 2.34. The number of hydrogen-bond donors (Lipinski definition) is 1. The Hall–Kier alpha value is -0.660. The van der Waals surface area contributed by atoms with Crippen molar-refractivity contribution < 1.29 is 17.9 Å². The molecule has 1 saturated carbocycles. The van der Waals surface area contributed by atoms with Crippen molar-refractivity contribution in [2.75, 3.05) is 7.11 Å². The highest BCUT2D eigenvalue weighted by Gasteiger charge is 2.41. The molecular formula is C14H21F3N2OS. The zero-order valence-corrected chi connectivity index (χ0v) is 13.3. The molecule has 21 heavy (non-hydrogen) atoms. The molecule has 0 bridgehead atoms. The van der Waals surface area contributed by atoms with Crippen LogP contribution in [0.1, 0.15) is 55.1 Å². The summed E-state index contributed by atoms with van der Waals surface area (Å²) in [6.07, 6.45) is -1.14. The van der Waals surface area contributed by atoms with E-state index in [0.717, 1.165) is 24.2 Å². The molecular weight excluding hydrogens is 301 g/mol. The van der Waals surface area contributed by atoms with Gasteiger partial charge in [0.25, 0.3) is 0 Å². The van der Waals surface area contributed by atoms with Crippen LogP contribution in [-0.2, 0) is 23.1 Å². The highest BCUT2D eigenvalue weighted by atomic mass is 32.1. The molecule has 0 spiro atoms. The molecule has 0 aromatic carbocycles. The van der Waals surface area contributed by atoms with Gasteiger partial charge in [0.2, 0.25) is 0 Å². The minimum absolute atomic E-state index is 0.227. The van der Waals surface area contributed by atoms with Crippen molar-refractivity contribution in [1.29, 1.82) is 0 Å². The third kappa shape index (κ3) is 3.57. The van der Waals surface area contributed by atoms with E-state index in [4.69, 9.17) is 4.74 Å². The molecule has 0 atom stereocenters. The lowest BCUT2D eigenvalue weighted by Crippen LogP contribution is -2.26. The Morgan fingerprint density at radius 1 is 1.29 bits per heavy atom. The summed E-state index contributed by atoms with van der Waals surface area (Å²) in [6, 6.07) is 0.362. The van der Waals surface area contributed by atoms with Gasteiger partial charge in [-0.3, -0.25) is 0 Å². The average Bonchev–Trinajstić information content (AvgIpc) is 3.16. The number of rotatable bonds is 7. The topological polar surface area (TPSA) is 34.1 Å². The number of hydrogen-bond acceptors (Lipinski definition) is 4. The number of alkyl halides is 3. The minimum Gasteiger partial charge on any atom is -0.371 e. The summed E-state index contributed by atoms with van der Waals surface area (Å²) in [5.41, 5.74) is -1.48. The molecule has 0 amide bonds. The van der Waals surface area contributed by atoms with Gasteiger partial charge in [-0.25, -0.2) is 4.98 Å². The third-order valence-corrected chi connectivity index (χ3v) is 5.26. The van der Waals surface area contributed by atoms with Crippen LogP contribution in [0.15, 0.2) is 0 Å². The van der Waals surface area contributed by atoms with Crippen LogP contribution >= 0.6 is 11.3 Å². The van der Waals surface area contributed by atoms with E-state index in [1.165, 1.54) is 7.11 Å². The SMILES string of the molecule is CCC(CC)(OC)c1nc(C(F)(F)F)c(CNC2CC2)s1. The first-order valence-corrected chi connectivity index (χ1v) is 8.03. The van der Waals surface area contributed by atoms with Gasteiger partial charge >= 0.3 is 6.18 Å². The van der Waals surface area contributed by atoms with E-state index in [1.807, 2.05) is 13.8 Å². The van der Waals surface area contributed by atoms with Gasteiger partial charge in [0.05, 0.1) is 4.88 Å². The third-order valence-electron chi connectivity index (χ3n) is 4.02. The van der Waals surface area contributed by atoms with Gasteiger partial charge in [-0.05, 0) is 25.7 Å². The van der Waals surface area contributed by atoms with Crippen molar-refractivity contribution in [3.8, 4) is 0 Å². The molecule has 1 aromatic rings. The molecule has 1 aromatic heterocycles. The Kier molecular flexibility index (Phi) is 4.95. The van der Waals surface area contributed by atoms with Crippen molar-refractivity contribution in [3.63, 3.8) is 0 Å². The molecule has 1 aliphatic carbocycles. The van der Waals surface area contributed by atoms with E-state index in [2.05, 4.69) is 10.3 Å². The minimum atomic E-state index is -4.42. The van der Waals surface area contributed by atoms with Gasteiger partial charge in [-0.15, -0.1) is 11.3 Å². The second kappa shape index (κ2) is 6.22. The smallest absolute Gasteiger partial charge is 0.371 e. The number of ether oxygens (including phenoxy) is 1. The maximum absolute atomic E-state index is 13.2. The fraction of sp³-hybridized carbons (Fsp3) is 0.786. The molecule has 1 heterocycles. The lowest BCUT2D eigenvalue weighted by atomic mass is 9.98. The summed E-state index contributed by atoms with van der Waals surface area (Å²) < 4.78 is 45.0. The number of aromatic nitrogens is 1. The van der Waals surface area contributed by atoms with E-state index in [9.17, 15) is 13.2 Å². The quantitative estimate of drug-likeness (QED) is 0.821. The van der Waals surface area contributed by atoms with E-state index in [0.29, 0.717) is 23.9 Å². The molecule has 7 heteroatoms. The van der Waals surface area contributed by atoms with E-state index in [1.54, 1.807) is 0 Å². The highest BCUT2D eigenvalue weighted by Crippen LogP contribution is 2.41. The standard InChI is InChI=1S/C14H21F3N2OS/c1-4-13(5-2,20-3)12-19-11(14(15,16)17)10(21-12)8-18-9-6-7-9/h9,18H,4-8H2,1-3H3. The molecule has 120 valence electrons. The van der Waals surface area contributed by atoms with E-state index in [-0.39, 0.29) is 11.4 Å². The normalized spacial score (nSPS) is 16.5. The van der Waals surface area contributed by atoms with Gasteiger partial charge in [0.1, 0.15) is 10.6 Å². The second-order valence-corrected chi connectivity index (χ2v) is 6.43. The molecule has 2 rings (SSSR count). The van der Waals surface area contributed by atoms with Crippen molar-refractivity contribution in [1.82, 2.24) is 10.3 Å². The van der Waals surface area contributed by atoms with Crippen LogP contribution in [-0.4, -0.2) is 18.1 Å². The van der Waals surface area contributed by atoms with Crippen molar-refractivity contribution in [2.45, 2.75) is 63.9 Å². The second-order valence-electron chi connectivity index (χ2n) is 5.35. The molecule has 0 saturated heterocycles.